The lowest BCUT2D eigenvalue weighted by atomic mass is 10.2. The highest BCUT2D eigenvalue weighted by Crippen LogP contribution is 2.31. The van der Waals surface area contributed by atoms with Crippen molar-refractivity contribution in [2.45, 2.75) is 6.92 Å². The highest BCUT2D eigenvalue weighted by atomic mass is 35.5. The number of nitrogens with two attached hydrogens (primary N) is 1. The Labute approximate surface area is 166 Å². The van der Waals surface area contributed by atoms with Gasteiger partial charge in [0.05, 0.1) is 17.8 Å². The van der Waals surface area contributed by atoms with Gasteiger partial charge in [0, 0.05) is 16.3 Å². The molecular weight excluding hydrogens is 387 g/mol. The summed E-state index contributed by atoms with van der Waals surface area (Å²) in [7, 11) is 0. The van der Waals surface area contributed by atoms with Gasteiger partial charge in [0.15, 0.2) is 5.69 Å². The number of carbonyl (C=O) groups is 1. The molecule has 27 heavy (non-hydrogen) atoms. The summed E-state index contributed by atoms with van der Waals surface area (Å²) in [6.45, 7) is 1.94. The van der Waals surface area contributed by atoms with Gasteiger partial charge in [-0.2, -0.15) is 5.10 Å². The van der Waals surface area contributed by atoms with E-state index < -0.39 is 5.97 Å². The largest absolute Gasteiger partial charge is 0.461 e. The number of ether oxygens (including phenoxy) is 1. The van der Waals surface area contributed by atoms with Gasteiger partial charge in [0.1, 0.15) is 11.5 Å². The minimum atomic E-state index is -0.576. The fourth-order valence-electron chi connectivity index (χ4n) is 2.65. The smallest absolute Gasteiger partial charge is 0.359 e. The average molecular weight is 403 g/mol. The number of halogens is 2. The standard InChI is InChI=1S/C19H16Cl2N4O2/c1-2-27-19(26)17-16(11-23-22)25(13-9-7-12(20)8-10-13)18(24-17)14-5-3-4-6-15(14)21/h3-11H,2,22H2,1H3/b23-11+. The van der Waals surface area contributed by atoms with Crippen LogP contribution in [0.4, 0.5) is 0 Å². The van der Waals surface area contributed by atoms with Crippen LogP contribution in [0.25, 0.3) is 17.1 Å². The summed E-state index contributed by atoms with van der Waals surface area (Å²) in [4.78, 5) is 17.0. The van der Waals surface area contributed by atoms with Gasteiger partial charge in [-0.1, -0.05) is 35.3 Å². The maximum atomic E-state index is 12.5. The first-order chi connectivity index (χ1) is 13.1. The van der Waals surface area contributed by atoms with E-state index in [1.54, 1.807) is 41.8 Å². The van der Waals surface area contributed by atoms with Crippen LogP contribution in [-0.2, 0) is 4.74 Å². The van der Waals surface area contributed by atoms with Crippen molar-refractivity contribution in [2.24, 2.45) is 10.9 Å². The number of rotatable bonds is 5. The van der Waals surface area contributed by atoms with Crippen molar-refractivity contribution in [1.29, 1.82) is 0 Å². The van der Waals surface area contributed by atoms with Crippen LogP contribution in [0.3, 0.4) is 0 Å². The van der Waals surface area contributed by atoms with E-state index in [2.05, 4.69) is 10.1 Å². The van der Waals surface area contributed by atoms with E-state index in [4.69, 9.17) is 33.8 Å². The number of hydrogen-bond donors (Lipinski definition) is 1. The first-order valence-corrected chi connectivity index (χ1v) is 8.86. The minimum absolute atomic E-state index is 0.0934. The lowest BCUT2D eigenvalue weighted by Crippen LogP contribution is -2.10. The van der Waals surface area contributed by atoms with Gasteiger partial charge >= 0.3 is 5.97 Å². The van der Waals surface area contributed by atoms with Crippen molar-refractivity contribution in [3.05, 3.63) is 70.0 Å². The van der Waals surface area contributed by atoms with Crippen LogP contribution in [0.1, 0.15) is 23.1 Å². The van der Waals surface area contributed by atoms with E-state index in [1.165, 1.54) is 6.21 Å². The van der Waals surface area contributed by atoms with Crippen LogP contribution in [-0.4, -0.2) is 28.3 Å². The molecule has 0 spiro atoms. The summed E-state index contributed by atoms with van der Waals surface area (Å²) in [5, 5.41) is 4.66. The molecule has 6 nitrogen and oxygen atoms in total. The molecule has 1 aromatic heterocycles. The molecule has 0 unspecified atom stereocenters. The maximum Gasteiger partial charge on any atom is 0.359 e. The predicted octanol–water partition coefficient (Wildman–Crippen LogP) is 4.32. The zero-order valence-corrected chi connectivity index (χ0v) is 15.9. The summed E-state index contributed by atoms with van der Waals surface area (Å²) >= 11 is 12.4. The van der Waals surface area contributed by atoms with Crippen LogP contribution < -0.4 is 5.84 Å². The molecule has 0 saturated heterocycles. The van der Waals surface area contributed by atoms with E-state index in [-0.39, 0.29) is 12.3 Å². The Morgan fingerprint density at radius 1 is 1.22 bits per heavy atom. The van der Waals surface area contributed by atoms with Crippen molar-refractivity contribution in [3.8, 4) is 17.1 Å². The summed E-state index contributed by atoms with van der Waals surface area (Å²) < 4.78 is 6.87. The molecule has 0 bridgehead atoms. The molecule has 3 aromatic rings. The molecule has 138 valence electrons. The molecule has 0 atom stereocenters. The number of nitrogens with zero attached hydrogens (tertiary/aromatic N) is 3. The van der Waals surface area contributed by atoms with Crippen molar-refractivity contribution >= 4 is 35.4 Å². The molecule has 0 aliphatic rings. The third-order valence-electron chi connectivity index (χ3n) is 3.78. The average Bonchev–Trinajstić information content (AvgIpc) is 3.02. The Balaban J connectivity index is 2.34. The molecule has 2 aromatic carbocycles. The molecule has 2 N–H and O–H groups in total. The second kappa shape index (κ2) is 8.24. The van der Waals surface area contributed by atoms with Gasteiger partial charge in [-0.05, 0) is 43.3 Å². The lowest BCUT2D eigenvalue weighted by Gasteiger charge is -2.11. The number of carbonyl (C=O) groups excluding carboxylic acids is 1. The Hall–Kier alpha value is -2.83. The Morgan fingerprint density at radius 2 is 1.93 bits per heavy atom. The molecule has 1 heterocycles. The van der Waals surface area contributed by atoms with Crippen LogP contribution in [0.15, 0.2) is 53.6 Å². The molecule has 0 amide bonds. The first kappa shape index (κ1) is 18.9. The van der Waals surface area contributed by atoms with Gasteiger partial charge in [-0.15, -0.1) is 0 Å². The van der Waals surface area contributed by atoms with E-state index in [0.29, 0.717) is 32.8 Å². The second-order valence-electron chi connectivity index (χ2n) is 5.46. The van der Waals surface area contributed by atoms with Crippen molar-refractivity contribution in [1.82, 2.24) is 9.55 Å². The van der Waals surface area contributed by atoms with E-state index in [9.17, 15) is 4.79 Å². The number of hydrazone groups is 1. The fourth-order valence-corrected chi connectivity index (χ4v) is 2.99. The molecule has 0 saturated carbocycles. The second-order valence-corrected chi connectivity index (χ2v) is 6.30. The van der Waals surface area contributed by atoms with E-state index in [0.717, 1.165) is 0 Å². The maximum absolute atomic E-state index is 12.5. The zero-order valence-electron chi connectivity index (χ0n) is 14.4. The summed E-state index contributed by atoms with van der Waals surface area (Å²) in [6.07, 6.45) is 1.36. The van der Waals surface area contributed by atoms with Crippen molar-refractivity contribution < 1.29 is 9.53 Å². The van der Waals surface area contributed by atoms with Crippen LogP contribution in [0, 0.1) is 0 Å². The predicted molar refractivity (Wildman–Crippen MR) is 107 cm³/mol. The van der Waals surface area contributed by atoms with Gasteiger partial charge in [-0.3, -0.25) is 4.57 Å². The third-order valence-corrected chi connectivity index (χ3v) is 4.36. The summed E-state index contributed by atoms with van der Waals surface area (Å²) in [5.74, 6) is 5.27. The van der Waals surface area contributed by atoms with Crippen LogP contribution in [0.5, 0.6) is 0 Å². The van der Waals surface area contributed by atoms with Crippen molar-refractivity contribution in [2.75, 3.05) is 6.61 Å². The number of aromatic nitrogens is 2. The lowest BCUT2D eigenvalue weighted by molar-refractivity contribution is 0.0520. The normalized spacial score (nSPS) is 11.1. The van der Waals surface area contributed by atoms with E-state index in [1.807, 2.05) is 18.2 Å². The van der Waals surface area contributed by atoms with Crippen LogP contribution >= 0.6 is 23.2 Å². The summed E-state index contributed by atoms with van der Waals surface area (Å²) in [5.41, 5.74) is 1.84. The summed E-state index contributed by atoms with van der Waals surface area (Å²) in [6, 6.07) is 14.3. The third kappa shape index (κ3) is 3.82. The quantitative estimate of drug-likeness (QED) is 0.298. The van der Waals surface area contributed by atoms with Gasteiger partial charge in [-0.25, -0.2) is 9.78 Å². The SMILES string of the molecule is CCOC(=O)c1nc(-c2ccccc2Cl)n(-c2ccc(Cl)cc2)c1/C=N/N. The Kier molecular flexibility index (Phi) is 5.78. The molecule has 8 heteroatoms. The first-order valence-electron chi connectivity index (χ1n) is 8.10. The van der Waals surface area contributed by atoms with Gasteiger partial charge in [0.2, 0.25) is 0 Å². The monoisotopic (exact) mass is 402 g/mol. The molecular formula is C19H16Cl2N4O2. The van der Waals surface area contributed by atoms with Gasteiger partial charge in [0.25, 0.3) is 0 Å². The number of esters is 1. The minimum Gasteiger partial charge on any atom is -0.461 e. The highest BCUT2D eigenvalue weighted by Gasteiger charge is 2.25. The fraction of sp³-hybridized carbons (Fsp3) is 0.105. The number of hydrogen-bond acceptors (Lipinski definition) is 5. The topological polar surface area (TPSA) is 82.5 Å². The number of benzene rings is 2. The zero-order chi connectivity index (χ0) is 19.4. The van der Waals surface area contributed by atoms with Crippen LogP contribution in [0.2, 0.25) is 10.0 Å². The Morgan fingerprint density at radius 3 is 2.56 bits per heavy atom. The number of imidazole rings is 1. The van der Waals surface area contributed by atoms with Crippen molar-refractivity contribution in [3.63, 3.8) is 0 Å². The Bertz CT molecular complexity index is 997. The van der Waals surface area contributed by atoms with Gasteiger partial charge < -0.3 is 10.6 Å². The molecule has 0 aliphatic heterocycles. The molecule has 0 radical (unpaired) electrons. The molecule has 0 aliphatic carbocycles. The molecule has 0 fully saturated rings. The molecule has 3 rings (SSSR count). The highest BCUT2D eigenvalue weighted by molar-refractivity contribution is 6.33. The van der Waals surface area contributed by atoms with E-state index >= 15 is 0 Å².